The van der Waals surface area contributed by atoms with Crippen molar-refractivity contribution in [1.29, 1.82) is 0 Å². The Labute approximate surface area is 150 Å². The van der Waals surface area contributed by atoms with Gasteiger partial charge in [-0.15, -0.1) is 11.3 Å². The van der Waals surface area contributed by atoms with Crippen LogP contribution in [0.5, 0.6) is 0 Å². The van der Waals surface area contributed by atoms with Gasteiger partial charge in [-0.05, 0) is 57.0 Å². The van der Waals surface area contributed by atoms with E-state index in [0.29, 0.717) is 23.7 Å². The minimum atomic E-state index is 0.359. The zero-order valence-electron chi connectivity index (χ0n) is 15.1. The zero-order chi connectivity index (χ0) is 16.9. The van der Waals surface area contributed by atoms with Gasteiger partial charge in [0.1, 0.15) is 0 Å². The third kappa shape index (κ3) is 4.37. The highest BCUT2D eigenvalue weighted by Crippen LogP contribution is 2.31. The molecule has 5 heteroatoms. The van der Waals surface area contributed by atoms with Crippen LogP contribution in [0.15, 0.2) is 5.38 Å². The van der Waals surface area contributed by atoms with Crippen molar-refractivity contribution in [2.24, 2.45) is 11.8 Å². The van der Waals surface area contributed by atoms with Crippen LogP contribution in [0.1, 0.15) is 62.6 Å². The van der Waals surface area contributed by atoms with E-state index >= 15 is 0 Å². The lowest BCUT2D eigenvalue weighted by Crippen LogP contribution is -2.40. The van der Waals surface area contributed by atoms with Gasteiger partial charge in [-0.2, -0.15) is 0 Å². The number of carbonyl (C=O) groups is 1. The maximum Gasteiger partial charge on any atom is 0.222 e. The summed E-state index contributed by atoms with van der Waals surface area (Å²) >= 11 is 1.78. The third-order valence-corrected chi connectivity index (χ3v) is 6.80. The first kappa shape index (κ1) is 17.9. The number of rotatable bonds is 5. The van der Waals surface area contributed by atoms with E-state index in [4.69, 9.17) is 4.98 Å². The predicted molar refractivity (Wildman–Crippen MR) is 99.4 cm³/mol. The molecule has 0 bridgehead atoms. The second-order valence-electron chi connectivity index (χ2n) is 7.48. The molecule has 2 aliphatic heterocycles. The molecule has 0 aliphatic carbocycles. The summed E-state index contributed by atoms with van der Waals surface area (Å²) in [7, 11) is 0. The lowest BCUT2D eigenvalue weighted by molar-refractivity contribution is -0.133. The van der Waals surface area contributed by atoms with Gasteiger partial charge in [0, 0.05) is 30.8 Å². The Bertz CT molecular complexity index is 538. The number of nitrogens with one attached hydrogen (secondary N) is 1. The summed E-state index contributed by atoms with van der Waals surface area (Å²) in [5.41, 5.74) is 1.19. The molecular formula is C19H31N3OS. The summed E-state index contributed by atoms with van der Waals surface area (Å²) in [6, 6.07) is 0. The first-order valence-corrected chi connectivity index (χ1v) is 10.5. The van der Waals surface area contributed by atoms with E-state index in [1.54, 1.807) is 11.3 Å². The number of thiazole rings is 1. The summed E-state index contributed by atoms with van der Waals surface area (Å²) in [5, 5.41) is 6.82. The fourth-order valence-electron chi connectivity index (χ4n) is 4.06. The van der Waals surface area contributed by atoms with E-state index in [9.17, 15) is 4.79 Å². The topological polar surface area (TPSA) is 45.2 Å². The molecular weight excluding hydrogens is 318 g/mol. The zero-order valence-corrected chi connectivity index (χ0v) is 15.9. The summed E-state index contributed by atoms with van der Waals surface area (Å²) in [6.07, 6.45) is 6.44. The van der Waals surface area contributed by atoms with E-state index in [1.807, 2.05) is 0 Å². The second-order valence-corrected chi connectivity index (χ2v) is 8.37. The van der Waals surface area contributed by atoms with Crippen molar-refractivity contribution in [1.82, 2.24) is 15.2 Å². The average Bonchev–Trinajstić information content (AvgIpc) is 3.12. The molecule has 0 spiro atoms. The van der Waals surface area contributed by atoms with Crippen LogP contribution in [0.2, 0.25) is 0 Å². The summed E-state index contributed by atoms with van der Waals surface area (Å²) in [6.45, 7) is 8.44. The van der Waals surface area contributed by atoms with Crippen LogP contribution in [0.3, 0.4) is 0 Å². The van der Waals surface area contributed by atoms with Gasteiger partial charge in [0.25, 0.3) is 0 Å². The van der Waals surface area contributed by atoms with Crippen molar-refractivity contribution in [3.8, 4) is 0 Å². The van der Waals surface area contributed by atoms with Crippen molar-refractivity contribution in [2.75, 3.05) is 26.2 Å². The van der Waals surface area contributed by atoms with Crippen LogP contribution in [-0.2, 0) is 11.2 Å². The molecule has 1 aromatic rings. The van der Waals surface area contributed by atoms with Crippen molar-refractivity contribution < 1.29 is 4.79 Å². The van der Waals surface area contributed by atoms with Crippen LogP contribution in [0.4, 0.5) is 0 Å². The van der Waals surface area contributed by atoms with Crippen LogP contribution >= 0.6 is 11.3 Å². The minimum Gasteiger partial charge on any atom is -0.342 e. The molecule has 1 N–H and O–H groups in total. The third-order valence-electron chi connectivity index (χ3n) is 5.74. The van der Waals surface area contributed by atoms with E-state index in [0.717, 1.165) is 45.4 Å². The molecule has 3 rings (SSSR count). The SMILES string of the molecule is CCc1csc(C2CCCN(C(=O)CC(C)C3CCNCC3)C2)n1. The number of hydrogen-bond donors (Lipinski definition) is 1. The van der Waals surface area contributed by atoms with Gasteiger partial charge in [-0.3, -0.25) is 4.79 Å². The van der Waals surface area contributed by atoms with Gasteiger partial charge >= 0.3 is 0 Å². The van der Waals surface area contributed by atoms with Crippen molar-refractivity contribution >= 4 is 17.2 Å². The average molecular weight is 350 g/mol. The molecule has 0 aromatic carbocycles. The number of aryl methyl sites for hydroxylation is 1. The monoisotopic (exact) mass is 349 g/mol. The highest BCUT2D eigenvalue weighted by Gasteiger charge is 2.29. The molecule has 1 amide bonds. The molecule has 2 fully saturated rings. The van der Waals surface area contributed by atoms with Gasteiger partial charge in [0.05, 0.1) is 10.7 Å². The number of piperidine rings is 2. The summed E-state index contributed by atoms with van der Waals surface area (Å²) < 4.78 is 0. The smallest absolute Gasteiger partial charge is 0.222 e. The molecule has 4 nitrogen and oxygen atoms in total. The standard InChI is InChI=1S/C19H31N3OS/c1-3-17-13-24-19(21-17)16-5-4-10-22(12-16)18(23)11-14(2)15-6-8-20-9-7-15/h13-16,20H,3-12H2,1-2H3. The molecule has 2 unspecified atom stereocenters. The summed E-state index contributed by atoms with van der Waals surface area (Å²) in [5.74, 6) is 2.02. The molecule has 2 saturated heterocycles. The quantitative estimate of drug-likeness (QED) is 0.886. The van der Waals surface area contributed by atoms with Gasteiger partial charge < -0.3 is 10.2 Å². The molecule has 1 aromatic heterocycles. The molecule has 2 atom stereocenters. The predicted octanol–water partition coefficient (Wildman–Crippen LogP) is 3.44. The largest absolute Gasteiger partial charge is 0.342 e. The van der Waals surface area contributed by atoms with E-state index < -0.39 is 0 Å². The Balaban J connectivity index is 1.54. The number of hydrogen-bond acceptors (Lipinski definition) is 4. The highest BCUT2D eigenvalue weighted by molar-refractivity contribution is 7.09. The van der Waals surface area contributed by atoms with Gasteiger partial charge in [-0.25, -0.2) is 4.98 Å². The first-order valence-electron chi connectivity index (χ1n) is 9.60. The minimum absolute atomic E-state index is 0.359. The number of carbonyl (C=O) groups excluding carboxylic acids is 1. The number of likely N-dealkylation sites (tertiary alicyclic amines) is 1. The lowest BCUT2D eigenvalue weighted by Gasteiger charge is -2.34. The molecule has 3 heterocycles. The van der Waals surface area contributed by atoms with Crippen molar-refractivity contribution in [2.45, 2.75) is 58.3 Å². The fraction of sp³-hybridized carbons (Fsp3) is 0.789. The van der Waals surface area contributed by atoms with Gasteiger partial charge in [-0.1, -0.05) is 13.8 Å². The fourth-order valence-corrected chi connectivity index (χ4v) is 5.09. The van der Waals surface area contributed by atoms with Crippen LogP contribution < -0.4 is 5.32 Å². The normalized spacial score (nSPS) is 24.1. The molecule has 134 valence electrons. The van der Waals surface area contributed by atoms with Crippen molar-refractivity contribution in [3.05, 3.63) is 16.1 Å². The Morgan fingerprint density at radius 3 is 2.92 bits per heavy atom. The maximum atomic E-state index is 12.8. The Hall–Kier alpha value is -0.940. The lowest BCUT2D eigenvalue weighted by atomic mass is 9.83. The Morgan fingerprint density at radius 1 is 1.42 bits per heavy atom. The number of amides is 1. The van der Waals surface area contributed by atoms with Crippen LogP contribution in [0.25, 0.3) is 0 Å². The highest BCUT2D eigenvalue weighted by atomic mass is 32.1. The van der Waals surface area contributed by atoms with Crippen LogP contribution in [0, 0.1) is 11.8 Å². The molecule has 24 heavy (non-hydrogen) atoms. The maximum absolute atomic E-state index is 12.8. The molecule has 0 radical (unpaired) electrons. The first-order chi connectivity index (χ1) is 11.7. The van der Waals surface area contributed by atoms with Gasteiger partial charge in [0.15, 0.2) is 0 Å². The number of aromatic nitrogens is 1. The molecule has 2 aliphatic rings. The van der Waals surface area contributed by atoms with E-state index in [2.05, 4.69) is 29.4 Å². The van der Waals surface area contributed by atoms with E-state index in [-0.39, 0.29) is 0 Å². The van der Waals surface area contributed by atoms with Gasteiger partial charge in [0.2, 0.25) is 5.91 Å². The Morgan fingerprint density at radius 2 is 2.21 bits per heavy atom. The van der Waals surface area contributed by atoms with Crippen molar-refractivity contribution in [3.63, 3.8) is 0 Å². The van der Waals surface area contributed by atoms with E-state index in [1.165, 1.54) is 30.0 Å². The Kier molecular flexibility index (Phi) is 6.28. The van der Waals surface area contributed by atoms with Crippen LogP contribution in [-0.4, -0.2) is 42.0 Å². The molecule has 0 saturated carbocycles. The summed E-state index contributed by atoms with van der Waals surface area (Å²) in [4.78, 5) is 19.6. The number of nitrogens with zero attached hydrogens (tertiary/aromatic N) is 2. The second kappa shape index (κ2) is 8.43.